The molecule has 0 atom stereocenters. The van der Waals surface area contributed by atoms with Crippen LogP contribution in [0.15, 0.2) is 59.5 Å². The highest BCUT2D eigenvalue weighted by molar-refractivity contribution is 7.85. The van der Waals surface area contributed by atoms with E-state index in [-0.39, 0.29) is 4.90 Å². The zero-order chi connectivity index (χ0) is 15.0. The maximum Gasteiger partial charge on any atom is 0.294 e. The Morgan fingerprint density at radius 3 is 1.80 bits per heavy atom. The predicted octanol–water partition coefficient (Wildman–Crippen LogP) is 3.74. The van der Waals surface area contributed by atoms with E-state index >= 15 is 0 Å². The standard InChI is InChI=1S/C8H10O3S.C8H10/c1-2-7-5-3-4-6-8(7)12(9,10)11;1-2-8-6-4-3-5-7-8/h3-6H,2H2,1H3,(H,9,10,11);3-7H,2H2,1H3. The summed E-state index contributed by atoms with van der Waals surface area (Å²) in [6.07, 6.45) is 1.73. The van der Waals surface area contributed by atoms with Gasteiger partial charge < -0.3 is 0 Å². The van der Waals surface area contributed by atoms with Gasteiger partial charge in [0.1, 0.15) is 0 Å². The molecule has 0 aliphatic rings. The van der Waals surface area contributed by atoms with Crippen molar-refractivity contribution in [2.75, 3.05) is 0 Å². The molecule has 0 fully saturated rings. The second-order valence-electron chi connectivity index (χ2n) is 4.28. The Bertz CT molecular complexity index is 619. The molecule has 0 unspecified atom stereocenters. The van der Waals surface area contributed by atoms with Crippen molar-refractivity contribution < 1.29 is 13.0 Å². The molecule has 20 heavy (non-hydrogen) atoms. The molecular weight excluding hydrogens is 272 g/mol. The monoisotopic (exact) mass is 292 g/mol. The third kappa shape index (κ3) is 5.15. The van der Waals surface area contributed by atoms with Gasteiger partial charge >= 0.3 is 0 Å². The summed E-state index contributed by atoms with van der Waals surface area (Å²) in [4.78, 5) is 0.00694. The van der Waals surface area contributed by atoms with Crippen molar-refractivity contribution in [2.45, 2.75) is 31.6 Å². The van der Waals surface area contributed by atoms with Gasteiger partial charge in [-0.2, -0.15) is 8.42 Å². The van der Waals surface area contributed by atoms with E-state index in [1.807, 2.05) is 13.0 Å². The molecule has 2 aromatic carbocycles. The van der Waals surface area contributed by atoms with Crippen molar-refractivity contribution in [3.63, 3.8) is 0 Å². The number of benzene rings is 2. The number of aryl methyl sites for hydroxylation is 2. The van der Waals surface area contributed by atoms with Crippen LogP contribution in [-0.4, -0.2) is 13.0 Å². The molecule has 0 saturated carbocycles. The minimum atomic E-state index is -4.05. The van der Waals surface area contributed by atoms with Gasteiger partial charge in [0.05, 0.1) is 4.90 Å². The maximum atomic E-state index is 10.8. The smallest absolute Gasteiger partial charge is 0.282 e. The first-order valence-corrected chi connectivity index (χ1v) is 8.02. The lowest BCUT2D eigenvalue weighted by Crippen LogP contribution is -2.01. The van der Waals surface area contributed by atoms with Gasteiger partial charge in [-0.05, 0) is 30.0 Å². The molecular formula is C16H20O3S. The summed E-state index contributed by atoms with van der Waals surface area (Å²) in [5.74, 6) is 0. The van der Waals surface area contributed by atoms with E-state index in [0.29, 0.717) is 12.0 Å². The molecule has 0 aliphatic heterocycles. The fraction of sp³-hybridized carbons (Fsp3) is 0.250. The minimum Gasteiger partial charge on any atom is -0.282 e. The molecule has 4 heteroatoms. The van der Waals surface area contributed by atoms with Gasteiger partial charge in [0, 0.05) is 0 Å². The summed E-state index contributed by atoms with van der Waals surface area (Å²) < 4.78 is 30.3. The lowest BCUT2D eigenvalue weighted by atomic mass is 10.2. The van der Waals surface area contributed by atoms with Crippen molar-refractivity contribution in [3.8, 4) is 0 Å². The van der Waals surface area contributed by atoms with Crippen molar-refractivity contribution in [1.29, 1.82) is 0 Å². The van der Waals surface area contributed by atoms with E-state index in [1.165, 1.54) is 11.6 Å². The molecule has 3 nitrogen and oxygen atoms in total. The van der Waals surface area contributed by atoms with E-state index in [4.69, 9.17) is 4.55 Å². The minimum absolute atomic E-state index is 0.00694. The Kier molecular flexibility index (Phi) is 6.42. The molecule has 0 bridgehead atoms. The van der Waals surface area contributed by atoms with E-state index in [1.54, 1.807) is 18.2 Å². The number of rotatable bonds is 3. The van der Waals surface area contributed by atoms with E-state index in [0.717, 1.165) is 6.42 Å². The maximum absolute atomic E-state index is 10.8. The highest BCUT2D eigenvalue weighted by Gasteiger charge is 2.12. The van der Waals surface area contributed by atoms with Crippen LogP contribution in [0.25, 0.3) is 0 Å². The highest BCUT2D eigenvalue weighted by atomic mass is 32.2. The summed E-state index contributed by atoms with van der Waals surface area (Å²) in [5, 5.41) is 0. The zero-order valence-corrected chi connectivity index (χ0v) is 12.6. The zero-order valence-electron chi connectivity index (χ0n) is 11.8. The lowest BCUT2D eigenvalue weighted by Gasteiger charge is -2.02. The van der Waals surface area contributed by atoms with Crippen LogP contribution < -0.4 is 0 Å². The average Bonchev–Trinajstić information content (AvgIpc) is 2.48. The summed E-state index contributed by atoms with van der Waals surface area (Å²) in [6, 6.07) is 16.9. The van der Waals surface area contributed by atoms with Gasteiger partial charge in [-0.3, -0.25) is 4.55 Å². The van der Waals surface area contributed by atoms with Gasteiger partial charge in [0.2, 0.25) is 0 Å². The van der Waals surface area contributed by atoms with Crippen molar-refractivity contribution >= 4 is 10.1 Å². The third-order valence-corrected chi connectivity index (χ3v) is 3.84. The quantitative estimate of drug-likeness (QED) is 0.877. The first kappa shape index (κ1) is 16.4. The molecule has 108 valence electrons. The van der Waals surface area contributed by atoms with Crippen LogP contribution in [0.2, 0.25) is 0 Å². The first-order chi connectivity index (χ1) is 9.49. The predicted molar refractivity (Wildman–Crippen MR) is 81.5 cm³/mol. The number of hydrogen-bond donors (Lipinski definition) is 1. The fourth-order valence-corrected chi connectivity index (χ4v) is 2.56. The summed E-state index contributed by atoms with van der Waals surface area (Å²) >= 11 is 0. The van der Waals surface area contributed by atoms with Crippen LogP contribution in [0.3, 0.4) is 0 Å². The Hall–Kier alpha value is -1.65. The molecule has 0 spiro atoms. The van der Waals surface area contributed by atoms with Crippen LogP contribution >= 0.6 is 0 Å². The largest absolute Gasteiger partial charge is 0.294 e. The second-order valence-corrected chi connectivity index (χ2v) is 5.67. The Labute approximate surface area is 121 Å². The second kappa shape index (κ2) is 7.82. The molecule has 2 rings (SSSR count). The molecule has 0 amide bonds. The summed E-state index contributed by atoms with van der Waals surface area (Å²) in [6.45, 7) is 4.00. The SMILES string of the molecule is CCc1ccccc1.CCc1ccccc1S(=O)(=O)O. The molecule has 0 aliphatic carbocycles. The topological polar surface area (TPSA) is 54.4 Å². The molecule has 2 aromatic rings. The Morgan fingerprint density at radius 2 is 1.40 bits per heavy atom. The highest BCUT2D eigenvalue weighted by Crippen LogP contribution is 2.14. The normalized spacial score (nSPS) is 10.6. The van der Waals surface area contributed by atoms with E-state index < -0.39 is 10.1 Å². The van der Waals surface area contributed by atoms with Crippen LogP contribution in [-0.2, 0) is 23.0 Å². The molecule has 0 saturated heterocycles. The molecule has 0 heterocycles. The van der Waals surface area contributed by atoms with Crippen LogP contribution in [0, 0.1) is 0 Å². The van der Waals surface area contributed by atoms with Crippen molar-refractivity contribution in [1.82, 2.24) is 0 Å². The summed E-state index contributed by atoms with van der Waals surface area (Å²) in [5.41, 5.74) is 2.05. The number of hydrogen-bond acceptors (Lipinski definition) is 2. The molecule has 0 radical (unpaired) electrons. The Morgan fingerprint density at radius 1 is 0.850 bits per heavy atom. The van der Waals surface area contributed by atoms with E-state index in [9.17, 15) is 8.42 Å². The summed E-state index contributed by atoms with van der Waals surface area (Å²) in [7, 11) is -4.05. The van der Waals surface area contributed by atoms with Crippen LogP contribution in [0.1, 0.15) is 25.0 Å². The first-order valence-electron chi connectivity index (χ1n) is 6.58. The van der Waals surface area contributed by atoms with Crippen molar-refractivity contribution in [3.05, 3.63) is 65.7 Å². The molecule has 1 N–H and O–H groups in total. The lowest BCUT2D eigenvalue weighted by molar-refractivity contribution is 0.482. The van der Waals surface area contributed by atoms with Crippen molar-refractivity contribution in [2.24, 2.45) is 0 Å². The molecule has 0 aromatic heterocycles. The van der Waals surface area contributed by atoms with E-state index in [2.05, 4.69) is 31.2 Å². The fourth-order valence-electron chi connectivity index (χ4n) is 1.76. The average molecular weight is 292 g/mol. The van der Waals surface area contributed by atoms with Gasteiger partial charge in [-0.1, -0.05) is 62.4 Å². The Balaban J connectivity index is 0.000000217. The van der Waals surface area contributed by atoms with Gasteiger partial charge in [0.25, 0.3) is 10.1 Å². The third-order valence-electron chi connectivity index (χ3n) is 2.88. The van der Waals surface area contributed by atoms with Crippen LogP contribution in [0.5, 0.6) is 0 Å². The van der Waals surface area contributed by atoms with Gasteiger partial charge in [0.15, 0.2) is 0 Å². The van der Waals surface area contributed by atoms with Crippen LogP contribution in [0.4, 0.5) is 0 Å². The van der Waals surface area contributed by atoms with Gasteiger partial charge in [-0.15, -0.1) is 0 Å². The van der Waals surface area contributed by atoms with Gasteiger partial charge in [-0.25, -0.2) is 0 Å².